The third kappa shape index (κ3) is 5.62. The van der Waals surface area contributed by atoms with Gasteiger partial charge >= 0.3 is 6.03 Å². The molecule has 1 aromatic carbocycles. The van der Waals surface area contributed by atoms with Crippen molar-refractivity contribution in [1.82, 2.24) is 19.6 Å². The minimum atomic E-state index is -0.128. The molecule has 3 aromatic rings. The normalized spacial score (nSPS) is 21.8. The van der Waals surface area contributed by atoms with Crippen molar-refractivity contribution in [3.8, 4) is 0 Å². The molecule has 33 heavy (non-hydrogen) atoms. The van der Waals surface area contributed by atoms with Gasteiger partial charge in [0.2, 0.25) is 0 Å². The number of anilines is 2. The highest BCUT2D eigenvalue weighted by Crippen LogP contribution is 2.30. The SMILES string of the molecule is O=C(Nc1cccnc1)NC1CCC(CCN2CCN(c3nsc4ccccc34)CC2)CC1. The predicted molar refractivity (Wildman–Crippen MR) is 135 cm³/mol. The van der Waals surface area contributed by atoms with Crippen LogP contribution < -0.4 is 15.5 Å². The van der Waals surface area contributed by atoms with Gasteiger partial charge in [0.15, 0.2) is 0 Å². The highest BCUT2D eigenvalue weighted by Gasteiger charge is 2.25. The number of amides is 2. The molecule has 0 unspecified atom stereocenters. The van der Waals surface area contributed by atoms with Crippen LogP contribution in [0.1, 0.15) is 32.1 Å². The number of hydrogen-bond donors (Lipinski definition) is 2. The number of nitrogens with one attached hydrogen (secondary N) is 2. The number of pyridine rings is 1. The van der Waals surface area contributed by atoms with Gasteiger partial charge in [-0.3, -0.25) is 9.88 Å². The van der Waals surface area contributed by atoms with Crippen molar-refractivity contribution < 1.29 is 4.79 Å². The molecule has 1 saturated carbocycles. The lowest BCUT2D eigenvalue weighted by Gasteiger charge is -2.36. The Hall–Kier alpha value is -2.71. The van der Waals surface area contributed by atoms with E-state index in [4.69, 9.17) is 4.37 Å². The summed E-state index contributed by atoms with van der Waals surface area (Å²) >= 11 is 1.60. The largest absolute Gasteiger partial charge is 0.353 e. The van der Waals surface area contributed by atoms with Crippen LogP contribution in [-0.4, -0.2) is 59.1 Å². The van der Waals surface area contributed by atoms with Crippen molar-refractivity contribution in [3.05, 3.63) is 48.8 Å². The van der Waals surface area contributed by atoms with Gasteiger partial charge in [-0.1, -0.05) is 12.1 Å². The van der Waals surface area contributed by atoms with Crippen molar-refractivity contribution in [1.29, 1.82) is 0 Å². The first-order chi connectivity index (χ1) is 16.2. The standard InChI is InChI=1S/C25H32N6OS/c32-25(28-21-4-3-12-26-18-21)27-20-9-7-19(8-10-20)11-13-30-14-16-31(17-15-30)24-22-5-1-2-6-23(22)33-29-24/h1-6,12,18-20H,7-11,13-17H2,(H2,27,28,32). The Morgan fingerprint density at radius 1 is 1.03 bits per heavy atom. The molecule has 2 aromatic heterocycles. The van der Waals surface area contributed by atoms with E-state index in [2.05, 4.69) is 49.7 Å². The van der Waals surface area contributed by atoms with Crippen LogP contribution in [0.4, 0.5) is 16.3 Å². The van der Waals surface area contributed by atoms with Crippen molar-refractivity contribution in [3.63, 3.8) is 0 Å². The van der Waals surface area contributed by atoms with E-state index in [0.29, 0.717) is 0 Å². The molecular weight excluding hydrogens is 432 g/mol. The van der Waals surface area contributed by atoms with Crippen LogP contribution in [0.3, 0.4) is 0 Å². The summed E-state index contributed by atoms with van der Waals surface area (Å²) in [4.78, 5) is 21.3. The molecule has 1 aliphatic carbocycles. The predicted octanol–water partition coefficient (Wildman–Crippen LogP) is 4.58. The Kier molecular flexibility index (Phi) is 7.02. The number of benzene rings is 1. The number of nitrogens with zero attached hydrogens (tertiary/aromatic N) is 4. The van der Waals surface area contributed by atoms with Crippen LogP contribution in [0.5, 0.6) is 0 Å². The number of aromatic nitrogens is 2. The minimum Gasteiger partial charge on any atom is -0.353 e. The van der Waals surface area contributed by atoms with Gasteiger partial charge in [-0.25, -0.2) is 4.79 Å². The Balaban J connectivity index is 1.00. The molecule has 5 rings (SSSR count). The number of carbonyl (C=O) groups is 1. The van der Waals surface area contributed by atoms with Crippen LogP contribution >= 0.6 is 11.5 Å². The summed E-state index contributed by atoms with van der Waals surface area (Å²) in [6.45, 7) is 5.50. The maximum atomic E-state index is 12.2. The molecule has 1 aliphatic heterocycles. The molecule has 174 valence electrons. The highest BCUT2D eigenvalue weighted by molar-refractivity contribution is 7.13. The number of hydrogen-bond acceptors (Lipinski definition) is 6. The number of fused-ring (bicyclic) bond motifs is 1. The molecule has 2 N–H and O–H groups in total. The second kappa shape index (κ2) is 10.5. The molecule has 2 fully saturated rings. The summed E-state index contributed by atoms with van der Waals surface area (Å²) in [7, 11) is 0. The zero-order chi connectivity index (χ0) is 22.5. The maximum Gasteiger partial charge on any atom is 0.319 e. The van der Waals surface area contributed by atoms with Crippen LogP contribution in [0, 0.1) is 5.92 Å². The zero-order valence-electron chi connectivity index (χ0n) is 18.9. The number of piperazine rings is 1. The average Bonchev–Trinajstić information content (AvgIpc) is 3.29. The Labute approximate surface area is 199 Å². The van der Waals surface area contributed by atoms with E-state index >= 15 is 0 Å². The van der Waals surface area contributed by atoms with E-state index in [-0.39, 0.29) is 12.1 Å². The van der Waals surface area contributed by atoms with Crippen LogP contribution in [0.2, 0.25) is 0 Å². The zero-order valence-corrected chi connectivity index (χ0v) is 19.8. The number of carbonyl (C=O) groups excluding carboxylic acids is 1. The van der Waals surface area contributed by atoms with E-state index in [0.717, 1.165) is 56.4 Å². The van der Waals surface area contributed by atoms with Crippen LogP contribution in [-0.2, 0) is 0 Å². The van der Waals surface area contributed by atoms with Gasteiger partial charge in [0, 0.05) is 43.8 Å². The fraction of sp³-hybridized carbons (Fsp3) is 0.480. The Bertz CT molecular complexity index is 1040. The quantitative estimate of drug-likeness (QED) is 0.558. The smallest absolute Gasteiger partial charge is 0.319 e. The van der Waals surface area contributed by atoms with E-state index in [1.165, 1.54) is 35.9 Å². The first-order valence-electron chi connectivity index (χ1n) is 12.0. The van der Waals surface area contributed by atoms with Gasteiger partial charge < -0.3 is 15.5 Å². The fourth-order valence-electron chi connectivity index (χ4n) is 5.03. The van der Waals surface area contributed by atoms with Gasteiger partial charge in [-0.15, -0.1) is 0 Å². The topological polar surface area (TPSA) is 73.4 Å². The number of urea groups is 1. The van der Waals surface area contributed by atoms with Crippen LogP contribution in [0.15, 0.2) is 48.8 Å². The van der Waals surface area contributed by atoms with E-state index in [1.54, 1.807) is 23.9 Å². The molecule has 3 heterocycles. The average molecular weight is 465 g/mol. The third-order valence-corrected chi connectivity index (χ3v) is 7.80. The van der Waals surface area contributed by atoms with Crippen LogP contribution in [0.25, 0.3) is 10.1 Å². The summed E-state index contributed by atoms with van der Waals surface area (Å²) in [6.07, 6.45) is 9.15. The van der Waals surface area contributed by atoms with Crippen molar-refractivity contribution in [2.45, 2.75) is 38.1 Å². The first-order valence-corrected chi connectivity index (χ1v) is 12.8. The summed E-state index contributed by atoms with van der Waals surface area (Å²) < 4.78 is 6.00. The molecule has 0 spiro atoms. The molecule has 2 aliphatic rings. The molecule has 1 saturated heterocycles. The third-order valence-electron chi connectivity index (χ3n) is 6.99. The van der Waals surface area contributed by atoms with Crippen molar-refractivity contribution in [2.75, 3.05) is 42.9 Å². The molecule has 8 heteroatoms. The number of rotatable bonds is 6. The maximum absolute atomic E-state index is 12.2. The minimum absolute atomic E-state index is 0.128. The van der Waals surface area contributed by atoms with Gasteiger partial charge in [0.25, 0.3) is 0 Å². The summed E-state index contributed by atoms with van der Waals surface area (Å²) in [5, 5.41) is 7.28. The van der Waals surface area contributed by atoms with Gasteiger partial charge in [0.05, 0.1) is 16.6 Å². The monoisotopic (exact) mass is 464 g/mol. The first kappa shape index (κ1) is 22.1. The molecule has 7 nitrogen and oxygen atoms in total. The second-order valence-corrected chi connectivity index (χ2v) is 9.98. The summed E-state index contributed by atoms with van der Waals surface area (Å²) in [5.41, 5.74) is 0.728. The lowest BCUT2D eigenvalue weighted by atomic mass is 9.84. The summed E-state index contributed by atoms with van der Waals surface area (Å²) in [6, 6.07) is 12.4. The Morgan fingerprint density at radius 3 is 2.64 bits per heavy atom. The molecule has 2 amide bonds. The van der Waals surface area contributed by atoms with E-state index in [1.807, 2.05) is 12.1 Å². The lowest BCUT2D eigenvalue weighted by molar-refractivity contribution is 0.208. The lowest BCUT2D eigenvalue weighted by Crippen LogP contribution is -2.47. The summed E-state index contributed by atoms with van der Waals surface area (Å²) in [5.74, 6) is 1.93. The molecule has 0 bridgehead atoms. The second-order valence-electron chi connectivity index (χ2n) is 9.18. The van der Waals surface area contributed by atoms with Gasteiger partial charge in [0.1, 0.15) is 5.82 Å². The molecular formula is C25H32N6OS. The highest BCUT2D eigenvalue weighted by atomic mass is 32.1. The van der Waals surface area contributed by atoms with E-state index in [9.17, 15) is 4.79 Å². The fourth-order valence-corrected chi connectivity index (χ4v) is 5.83. The molecule has 0 atom stereocenters. The van der Waals surface area contributed by atoms with Gasteiger partial charge in [-0.05, 0) is 80.4 Å². The Morgan fingerprint density at radius 2 is 1.85 bits per heavy atom. The van der Waals surface area contributed by atoms with Crippen molar-refractivity contribution >= 4 is 39.2 Å². The van der Waals surface area contributed by atoms with Crippen molar-refractivity contribution in [2.24, 2.45) is 5.92 Å². The van der Waals surface area contributed by atoms with Gasteiger partial charge in [-0.2, -0.15) is 4.37 Å². The van der Waals surface area contributed by atoms with E-state index < -0.39 is 0 Å². The molecule has 0 radical (unpaired) electrons.